The molecule has 0 unspecified atom stereocenters. The van der Waals surface area contributed by atoms with Crippen molar-refractivity contribution in [2.45, 2.75) is 13.3 Å². The highest BCUT2D eigenvalue weighted by Crippen LogP contribution is 2.37. The van der Waals surface area contributed by atoms with Crippen molar-refractivity contribution in [3.63, 3.8) is 0 Å². The van der Waals surface area contributed by atoms with Crippen molar-refractivity contribution >= 4 is 23.0 Å². The standard InChI is InChI=1S/C29H29N3O5/c1-5-14-37-21-12-10-20(11-13-21)25-17-23(22-8-6-7-9-24(22)31-25)29(33)32-30-18-19-15-26(34-2)28(36-4)27(16-19)35-3/h6-13,15-18H,5,14H2,1-4H3,(H,32,33)/b30-18+. The second-order valence-electron chi connectivity index (χ2n) is 8.10. The predicted molar refractivity (Wildman–Crippen MR) is 144 cm³/mol. The number of hydrogen-bond donors (Lipinski definition) is 1. The molecule has 0 aliphatic heterocycles. The second-order valence-corrected chi connectivity index (χ2v) is 8.10. The number of ether oxygens (including phenoxy) is 4. The Morgan fingerprint density at radius 1 is 0.946 bits per heavy atom. The van der Waals surface area contributed by atoms with Crippen LogP contribution in [0.4, 0.5) is 0 Å². The molecule has 190 valence electrons. The van der Waals surface area contributed by atoms with Crippen LogP contribution in [-0.4, -0.2) is 45.0 Å². The predicted octanol–water partition coefficient (Wildman–Crippen LogP) is 5.48. The van der Waals surface area contributed by atoms with Crippen LogP contribution in [0.3, 0.4) is 0 Å². The van der Waals surface area contributed by atoms with Gasteiger partial charge in [0.1, 0.15) is 5.75 Å². The highest BCUT2D eigenvalue weighted by molar-refractivity contribution is 6.07. The first-order valence-corrected chi connectivity index (χ1v) is 11.8. The van der Waals surface area contributed by atoms with Gasteiger partial charge < -0.3 is 18.9 Å². The first kappa shape index (κ1) is 25.5. The van der Waals surface area contributed by atoms with Crippen LogP contribution in [0.1, 0.15) is 29.3 Å². The molecule has 0 aliphatic carbocycles. The van der Waals surface area contributed by atoms with Crippen molar-refractivity contribution in [1.82, 2.24) is 10.4 Å². The zero-order chi connectivity index (χ0) is 26.2. The normalized spacial score (nSPS) is 10.9. The Morgan fingerprint density at radius 3 is 2.30 bits per heavy atom. The van der Waals surface area contributed by atoms with Gasteiger partial charge in [0.2, 0.25) is 5.75 Å². The van der Waals surface area contributed by atoms with E-state index in [-0.39, 0.29) is 5.91 Å². The maximum absolute atomic E-state index is 13.2. The molecule has 0 fully saturated rings. The number of hydrazone groups is 1. The average Bonchev–Trinajstić information content (AvgIpc) is 2.95. The number of amides is 1. The van der Waals surface area contributed by atoms with Gasteiger partial charge in [0.25, 0.3) is 5.91 Å². The zero-order valence-electron chi connectivity index (χ0n) is 21.3. The minimum absolute atomic E-state index is 0.355. The molecular formula is C29H29N3O5. The van der Waals surface area contributed by atoms with Gasteiger partial charge in [-0.15, -0.1) is 0 Å². The summed E-state index contributed by atoms with van der Waals surface area (Å²) >= 11 is 0. The van der Waals surface area contributed by atoms with Crippen molar-refractivity contribution in [3.05, 3.63) is 77.9 Å². The van der Waals surface area contributed by atoms with E-state index in [9.17, 15) is 4.79 Å². The number of para-hydroxylation sites is 1. The van der Waals surface area contributed by atoms with Crippen molar-refractivity contribution < 1.29 is 23.7 Å². The summed E-state index contributed by atoms with van der Waals surface area (Å²) in [5, 5.41) is 4.89. The minimum Gasteiger partial charge on any atom is -0.494 e. The lowest BCUT2D eigenvalue weighted by atomic mass is 10.0. The lowest BCUT2D eigenvalue weighted by Crippen LogP contribution is -2.18. The smallest absolute Gasteiger partial charge is 0.272 e. The fraction of sp³-hybridized carbons (Fsp3) is 0.207. The number of carbonyl (C=O) groups excluding carboxylic acids is 1. The number of rotatable bonds is 10. The highest BCUT2D eigenvalue weighted by atomic mass is 16.5. The van der Waals surface area contributed by atoms with E-state index in [2.05, 4.69) is 17.5 Å². The van der Waals surface area contributed by atoms with Gasteiger partial charge in [0.05, 0.1) is 50.9 Å². The van der Waals surface area contributed by atoms with Gasteiger partial charge in [-0.25, -0.2) is 10.4 Å². The summed E-state index contributed by atoms with van der Waals surface area (Å²) in [5.41, 5.74) is 6.03. The molecule has 1 heterocycles. The van der Waals surface area contributed by atoms with E-state index < -0.39 is 0 Å². The molecule has 3 aromatic carbocycles. The molecule has 0 bridgehead atoms. The first-order chi connectivity index (χ1) is 18.1. The molecule has 0 radical (unpaired) electrons. The highest BCUT2D eigenvalue weighted by Gasteiger charge is 2.15. The molecule has 8 nitrogen and oxygen atoms in total. The van der Waals surface area contributed by atoms with E-state index in [0.29, 0.717) is 46.2 Å². The molecule has 0 spiro atoms. The number of fused-ring (bicyclic) bond motifs is 1. The quantitative estimate of drug-likeness (QED) is 0.230. The molecule has 1 aromatic heterocycles. The minimum atomic E-state index is -0.355. The SMILES string of the molecule is CCCOc1ccc(-c2cc(C(=O)N/N=C/c3cc(OC)c(OC)c(OC)c3)c3ccccc3n2)cc1. The van der Waals surface area contributed by atoms with Crippen LogP contribution in [0.2, 0.25) is 0 Å². The molecule has 0 aliphatic rings. The zero-order valence-corrected chi connectivity index (χ0v) is 21.3. The Kier molecular flexibility index (Phi) is 8.20. The van der Waals surface area contributed by atoms with Gasteiger partial charge in [0, 0.05) is 16.5 Å². The van der Waals surface area contributed by atoms with Crippen LogP contribution < -0.4 is 24.4 Å². The number of pyridine rings is 1. The van der Waals surface area contributed by atoms with Crippen molar-refractivity contribution in [2.75, 3.05) is 27.9 Å². The van der Waals surface area contributed by atoms with E-state index in [0.717, 1.165) is 23.1 Å². The van der Waals surface area contributed by atoms with Gasteiger partial charge in [0.15, 0.2) is 11.5 Å². The number of hydrogen-bond acceptors (Lipinski definition) is 7. The summed E-state index contributed by atoms with van der Waals surface area (Å²) in [6.07, 6.45) is 2.45. The Bertz CT molecular complexity index is 1390. The summed E-state index contributed by atoms with van der Waals surface area (Å²) in [6, 6.07) is 20.5. The van der Waals surface area contributed by atoms with Crippen LogP contribution in [0.15, 0.2) is 71.8 Å². The summed E-state index contributed by atoms with van der Waals surface area (Å²) in [6.45, 7) is 2.73. The Morgan fingerprint density at radius 2 is 1.65 bits per heavy atom. The maximum Gasteiger partial charge on any atom is 0.272 e. The van der Waals surface area contributed by atoms with Crippen LogP contribution in [0.25, 0.3) is 22.2 Å². The Labute approximate surface area is 215 Å². The van der Waals surface area contributed by atoms with Crippen LogP contribution in [-0.2, 0) is 0 Å². The van der Waals surface area contributed by atoms with Crippen LogP contribution in [0.5, 0.6) is 23.0 Å². The summed E-state index contributed by atoms with van der Waals surface area (Å²) in [4.78, 5) is 18.0. The third-order valence-electron chi connectivity index (χ3n) is 5.65. The lowest BCUT2D eigenvalue weighted by molar-refractivity contribution is 0.0956. The van der Waals surface area contributed by atoms with E-state index in [1.54, 1.807) is 18.2 Å². The molecule has 37 heavy (non-hydrogen) atoms. The van der Waals surface area contributed by atoms with E-state index >= 15 is 0 Å². The number of benzene rings is 3. The number of carbonyl (C=O) groups is 1. The Hall–Kier alpha value is -4.59. The van der Waals surface area contributed by atoms with Crippen LogP contribution >= 0.6 is 0 Å². The fourth-order valence-electron chi connectivity index (χ4n) is 3.85. The number of aromatic nitrogens is 1. The lowest BCUT2D eigenvalue weighted by Gasteiger charge is -2.12. The van der Waals surface area contributed by atoms with Gasteiger partial charge >= 0.3 is 0 Å². The molecular weight excluding hydrogens is 470 g/mol. The van der Waals surface area contributed by atoms with E-state index in [1.807, 2.05) is 48.5 Å². The maximum atomic E-state index is 13.2. The number of nitrogens with one attached hydrogen (secondary N) is 1. The van der Waals surface area contributed by atoms with Crippen LogP contribution in [0, 0.1) is 0 Å². The largest absolute Gasteiger partial charge is 0.494 e. The van der Waals surface area contributed by atoms with Crippen molar-refractivity contribution in [1.29, 1.82) is 0 Å². The summed E-state index contributed by atoms with van der Waals surface area (Å²) < 4.78 is 21.8. The van der Waals surface area contributed by atoms with Crippen molar-refractivity contribution in [3.8, 4) is 34.3 Å². The molecule has 8 heteroatoms. The molecule has 0 saturated heterocycles. The van der Waals surface area contributed by atoms with Gasteiger partial charge in [-0.05, 0) is 55.0 Å². The number of methoxy groups -OCH3 is 3. The number of nitrogens with zero attached hydrogens (tertiary/aromatic N) is 2. The Balaban J connectivity index is 1.61. The van der Waals surface area contributed by atoms with Gasteiger partial charge in [-0.1, -0.05) is 25.1 Å². The van der Waals surface area contributed by atoms with E-state index in [1.165, 1.54) is 27.5 Å². The summed E-state index contributed by atoms with van der Waals surface area (Å²) in [5.74, 6) is 1.90. The monoisotopic (exact) mass is 499 g/mol. The molecule has 4 aromatic rings. The molecule has 1 N–H and O–H groups in total. The third kappa shape index (κ3) is 5.81. The molecule has 4 rings (SSSR count). The first-order valence-electron chi connectivity index (χ1n) is 11.8. The fourth-order valence-corrected chi connectivity index (χ4v) is 3.85. The van der Waals surface area contributed by atoms with E-state index in [4.69, 9.17) is 23.9 Å². The molecule has 1 amide bonds. The topological polar surface area (TPSA) is 91.3 Å². The average molecular weight is 500 g/mol. The third-order valence-corrected chi connectivity index (χ3v) is 5.65. The molecule has 0 atom stereocenters. The van der Waals surface area contributed by atoms with Gasteiger partial charge in [-0.3, -0.25) is 4.79 Å². The second kappa shape index (κ2) is 11.9. The molecule has 0 saturated carbocycles. The van der Waals surface area contributed by atoms with Crippen molar-refractivity contribution in [2.24, 2.45) is 5.10 Å². The van der Waals surface area contributed by atoms with Gasteiger partial charge in [-0.2, -0.15) is 5.10 Å². The summed E-state index contributed by atoms with van der Waals surface area (Å²) in [7, 11) is 4.62.